The molecule has 0 saturated carbocycles. The van der Waals surface area contributed by atoms with E-state index < -0.39 is 0 Å². The molecule has 0 N–H and O–H groups in total. The number of nitrogens with zero attached hydrogens (tertiary/aromatic N) is 1. The fraction of sp³-hybridized carbons (Fsp3) is 0.478. The minimum Gasteiger partial charge on any atom is -0.493 e. The largest absolute Gasteiger partial charge is 0.493 e. The molecule has 4 rings (SSSR count). The molecule has 2 aliphatic rings. The van der Waals surface area contributed by atoms with E-state index in [4.69, 9.17) is 9.47 Å². The summed E-state index contributed by atoms with van der Waals surface area (Å²) in [7, 11) is 3.44. The summed E-state index contributed by atoms with van der Waals surface area (Å²) in [6, 6.07) is 11.8. The van der Waals surface area contributed by atoms with Gasteiger partial charge in [-0.15, -0.1) is 0 Å². The number of ether oxygens (including phenoxy) is 2. The molecule has 26 heavy (non-hydrogen) atoms. The molecule has 0 spiro atoms. The Balaban J connectivity index is 1.61. The Hall–Kier alpha value is -2.00. The number of benzene rings is 2. The summed E-state index contributed by atoms with van der Waals surface area (Å²) in [5.41, 5.74) is 7.21. The molecule has 2 aromatic carbocycles. The minimum absolute atomic E-state index is 0.514. The third-order valence-electron chi connectivity index (χ3n) is 6.23. The third kappa shape index (κ3) is 2.99. The van der Waals surface area contributed by atoms with Gasteiger partial charge in [0, 0.05) is 19.1 Å². The summed E-state index contributed by atoms with van der Waals surface area (Å²) in [5.74, 6) is 2.35. The van der Waals surface area contributed by atoms with Gasteiger partial charge in [-0.2, -0.15) is 0 Å². The van der Waals surface area contributed by atoms with Crippen molar-refractivity contribution in [3.05, 3.63) is 58.1 Å². The van der Waals surface area contributed by atoms with Crippen LogP contribution in [0.25, 0.3) is 0 Å². The van der Waals surface area contributed by atoms with Crippen LogP contribution in [0.15, 0.2) is 30.3 Å². The summed E-state index contributed by atoms with van der Waals surface area (Å²) in [4.78, 5) is 2.68. The van der Waals surface area contributed by atoms with Gasteiger partial charge in [0.15, 0.2) is 11.5 Å². The first-order valence-electron chi connectivity index (χ1n) is 9.66. The second-order valence-electron chi connectivity index (χ2n) is 7.80. The number of methoxy groups -OCH3 is 2. The van der Waals surface area contributed by atoms with Crippen molar-refractivity contribution < 1.29 is 9.47 Å². The van der Waals surface area contributed by atoms with Crippen LogP contribution < -0.4 is 9.47 Å². The molecule has 0 aromatic heterocycles. The van der Waals surface area contributed by atoms with Gasteiger partial charge in [-0.05, 0) is 73.4 Å². The second-order valence-corrected chi connectivity index (χ2v) is 7.80. The van der Waals surface area contributed by atoms with Crippen molar-refractivity contribution in [1.82, 2.24) is 4.90 Å². The van der Waals surface area contributed by atoms with Crippen LogP contribution >= 0.6 is 0 Å². The summed E-state index contributed by atoms with van der Waals surface area (Å²) in [5, 5.41) is 0. The highest BCUT2D eigenvalue weighted by atomic mass is 16.5. The number of hydrogen-bond donors (Lipinski definition) is 0. The molecule has 2 atom stereocenters. The maximum Gasteiger partial charge on any atom is 0.161 e. The molecule has 1 fully saturated rings. The SMILES string of the molecule is COc1cc2c(cc1OC)C1CCC(c3cc(C)ccc3C)CN1CC2. The van der Waals surface area contributed by atoms with Crippen molar-refractivity contribution in [1.29, 1.82) is 0 Å². The molecule has 1 saturated heterocycles. The monoisotopic (exact) mass is 351 g/mol. The Kier molecular flexibility index (Phi) is 4.66. The number of aryl methyl sites for hydroxylation is 2. The molecule has 2 unspecified atom stereocenters. The second kappa shape index (κ2) is 6.96. The molecular formula is C23H29NO2. The summed E-state index contributed by atoms with van der Waals surface area (Å²) >= 11 is 0. The number of piperidine rings is 1. The van der Waals surface area contributed by atoms with E-state index in [2.05, 4.69) is 49.1 Å². The van der Waals surface area contributed by atoms with E-state index in [-0.39, 0.29) is 0 Å². The lowest BCUT2D eigenvalue weighted by atomic mass is 9.80. The van der Waals surface area contributed by atoms with Crippen molar-refractivity contribution in [3.8, 4) is 11.5 Å². The number of hydrogen-bond acceptors (Lipinski definition) is 3. The van der Waals surface area contributed by atoms with Gasteiger partial charge in [-0.1, -0.05) is 23.8 Å². The first-order valence-corrected chi connectivity index (χ1v) is 9.66. The van der Waals surface area contributed by atoms with Gasteiger partial charge in [0.2, 0.25) is 0 Å². The summed E-state index contributed by atoms with van der Waals surface area (Å²) < 4.78 is 11.1. The van der Waals surface area contributed by atoms with Crippen LogP contribution in [0.1, 0.15) is 52.6 Å². The lowest BCUT2D eigenvalue weighted by Gasteiger charge is -2.44. The molecule has 0 radical (unpaired) electrons. The van der Waals surface area contributed by atoms with Crippen LogP contribution in [0.3, 0.4) is 0 Å². The molecule has 2 aliphatic heterocycles. The fourth-order valence-corrected chi connectivity index (χ4v) is 4.82. The molecule has 0 amide bonds. The van der Waals surface area contributed by atoms with Crippen LogP contribution in [-0.2, 0) is 6.42 Å². The normalized spacial score (nSPS) is 22.5. The van der Waals surface area contributed by atoms with Crippen molar-refractivity contribution in [2.75, 3.05) is 27.3 Å². The zero-order valence-electron chi connectivity index (χ0n) is 16.3. The molecular weight excluding hydrogens is 322 g/mol. The summed E-state index contributed by atoms with van der Waals surface area (Å²) in [6.07, 6.45) is 3.55. The molecule has 3 nitrogen and oxygen atoms in total. The predicted octanol–water partition coefficient (Wildman–Crippen LogP) is 4.80. The Morgan fingerprint density at radius 1 is 0.923 bits per heavy atom. The van der Waals surface area contributed by atoms with Gasteiger partial charge < -0.3 is 9.47 Å². The Morgan fingerprint density at radius 3 is 2.46 bits per heavy atom. The average Bonchev–Trinajstić information content (AvgIpc) is 2.68. The van der Waals surface area contributed by atoms with Gasteiger partial charge >= 0.3 is 0 Å². The Labute approximate surface area is 156 Å². The van der Waals surface area contributed by atoms with E-state index in [1.54, 1.807) is 19.8 Å². The highest BCUT2D eigenvalue weighted by Gasteiger charge is 2.35. The third-order valence-corrected chi connectivity index (χ3v) is 6.23. The van der Waals surface area contributed by atoms with Crippen LogP contribution in [-0.4, -0.2) is 32.2 Å². The lowest BCUT2D eigenvalue weighted by Crippen LogP contribution is -2.41. The average molecular weight is 351 g/mol. The zero-order valence-corrected chi connectivity index (χ0v) is 16.3. The van der Waals surface area contributed by atoms with Crippen molar-refractivity contribution in [2.45, 2.75) is 45.1 Å². The van der Waals surface area contributed by atoms with Crippen LogP contribution in [0, 0.1) is 13.8 Å². The molecule has 2 heterocycles. The number of rotatable bonds is 3. The quantitative estimate of drug-likeness (QED) is 0.793. The molecule has 0 aliphatic carbocycles. The first kappa shape index (κ1) is 17.4. The van der Waals surface area contributed by atoms with Crippen molar-refractivity contribution in [2.24, 2.45) is 0 Å². The van der Waals surface area contributed by atoms with Crippen molar-refractivity contribution in [3.63, 3.8) is 0 Å². The van der Waals surface area contributed by atoms with Gasteiger partial charge in [0.05, 0.1) is 14.2 Å². The fourth-order valence-electron chi connectivity index (χ4n) is 4.82. The maximum absolute atomic E-state index is 5.56. The Bertz CT molecular complexity index is 814. The Morgan fingerprint density at radius 2 is 1.69 bits per heavy atom. The lowest BCUT2D eigenvalue weighted by molar-refractivity contribution is 0.122. The minimum atomic E-state index is 0.514. The summed E-state index contributed by atoms with van der Waals surface area (Å²) in [6.45, 7) is 6.74. The van der Waals surface area contributed by atoms with Crippen LogP contribution in [0.2, 0.25) is 0 Å². The van der Waals surface area contributed by atoms with E-state index in [0.717, 1.165) is 31.0 Å². The van der Waals surface area contributed by atoms with Crippen LogP contribution in [0.5, 0.6) is 11.5 Å². The van der Waals surface area contributed by atoms with E-state index in [1.165, 1.54) is 35.1 Å². The van der Waals surface area contributed by atoms with E-state index >= 15 is 0 Å². The van der Waals surface area contributed by atoms with Gasteiger partial charge in [-0.25, -0.2) is 0 Å². The van der Waals surface area contributed by atoms with Crippen molar-refractivity contribution >= 4 is 0 Å². The molecule has 3 heteroatoms. The number of fused-ring (bicyclic) bond motifs is 3. The zero-order chi connectivity index (χ0) is 18.3. The van der Waals surface area contributed by atoms with E-state index in [9.17, 15) is 0 Å². The molecule has 0 bridgehead atoms. The van der Waals surface area contributed by atoms with Gasteiger partial charge in [0.1, 0.15) is 0 Å². The predicted molar refractivity (Wildman–Crippen MR) is 105 cm³/mol. The smallest absolute Gasteiger partial charge is 0.161 e. The van der Waals surface area contributed by atoms with Gasteiger partial charge in [0.25, 0.3) is 0 Å². The van der Waals surface area contributed by atoms with Crippen LogP contribution in [0.4, 0.5) is 0 Å². The molecule has 138 valence electrons. The molecule has 2 aromatic rings. The van der Waals surface area contributed by atoms with E-state index in [1.807, 2.05) is 0 Å². The first-order chi connectivity index (χ1) is 12.6. The standard InChI is InChI=1S/C23H29NO2/c1-15-5-6-16(2)19(11-15)18-7-8-21-20-13-23(26-4)22(25-3)12-17(20)9-10-24(21)14-18/h5-6,11-13,18,21H,7-10,14H2,1-4H3. The highest BCUT2D eigenvalue weighted by molar-refractivity contribution is 5.49. The topological polar surface area (TPSA) is 21.7 Å². The van der Waals surface area contributed by atoms with Gasteiger partial charge in [-0.3, -0.25) is 4.90 Å². The maximum atomic E-state index is 5.56. The highest BCUT2D eigenvalue weighted by Crippen LogP contribution is 2.44. The van der Waals surface area contributed by atoms with E-state index in [0.29, 0.717) is 12.0 Å².